The fourth-order valence-corrected chi connectivity index (χ4v) is 9.92. The first kappa shape index (κ1) is 50.2. The van der Waals surface area contributed by atoms with Crippen molar-refractivity contribution in [2.45, 2.75) is 147 Å². The molecule has 1 saturated heterocycles. The van der Waals surface area contributed by atoms with Crippen LogP contribution in [0.15, 0.2) is 71.9 Å². The van der Waals surface area contributed by atoms with Gasteiger partial charge in [-0.15, -0.1) is 0 Å². The molecule has 2 unspecified atom stereocenters. The Kier molecular flexibility index (Phi) is 24.0. The van der Waals surface area contributed by atoms with E-state index in [4.69, 9.17) is 4.74 Å². The number of aromatic nitrogens is 2. The lowest BCUT2D eigenvalue weighted by atomic mass is 9.77. The van der Waals surface area contributed by atoms with Crippen molar-refractivity contribution in [3.05, 3.63) is 83.1 Å². The first-order valence-electron chi connectivity index (χ1n) is 24.1. The summed E-state index contributed by atoms with van der Waals surface area (Å²) in [5.41, 5.74) is 4.98. The van der Waals surface area contributed by atoms with Crippen LogP contribution < -0.4 is 14.0 Å². The van der Waals surface area contributed by atoms with E-state index in [0.29, 0.717) is 5.92 Å². The van der Waals surface area contributed by atoms with Crippen LogP contribution in [0.5, 0.6) is 0 Å². The molecule has 0 radical (unpaired) electrons. The highest BCUT2D eigenvalue weighted by molar-refractivity contribution is 7.07. The number of rotatable bonds is 15. The van der Waals surface area contributed by atoms with Gasteiger partial charge in [0.25, 0.3) is 0 Å². The molecular weight excluding hydrogens is 729 g/mol. The summed E-state index contributed by atoms with van der Waals surface area (Å²) >= 11 is 1.80. The van der Waals surface area contributed by atoms with Gasteiger partial charge in [-0.05, 0) is 113 Å². The second-order valence-corrected chi connectivity index (χ2v) is 20.4. The number of hydrogen-bond donors (Lipinski definition) is 1. The second kappa shape index (κ2) is 27.7. The lowest BCUT2D eigenvalue weighted by molar-refractivity contribution is -0.923. The van der Waals surface area contributed by atoms with E-state index >= 15 is 0 Å². The van der Waals surface area contributed by atoms with Gasteiger partial charge in [0.05, 0.1) is 51.3 Å². The van der Waals surface area contributed by atoms with Crippen LogP contribution in [-0.4, -0.2) is 63.5 Å². The van der Waals surface area contributed by atoms with Crippen LogP contribution in [0.1, 0.15) is 145 Å². The second-order valence-electron chi connectivity index (χ2n) is 19.6. The molecule has 2 aliphatic carbocycles. The highest BCUT2D eigenvalue weighted by Crippen LogP contribution is 2.35. The Morgan fingerprint density at radius 3 is 1.79 bits per heavy atom. The van der Waals surface area contributed by atoms with Crippen LogP contribution in [0.4, 0.5) is 0 Å². The maximum absolute atomic E-state index is 5.40. The van der Waals surface area contributed by atoms with E-state index in [1.807, 2.05) is 6.07 Å². The van der Waals surface area contributed by atoms with E-state index in [9.17, 15) is 0 Å². The first-order chi connectivity index (χ1) is 27.9. The third kappa shape index (κ3) is 19.1. The molecule has 58 heavy (non-hydrogen) atoms. The van der Waals surface area contributed by atoms with E-state index in [0.717, 1.165) is 61.2 Å². The number of hydrogen-bond acceptors (Lipinski definition) is 2. The lowest BCUT2D eigenvalue weighted by Gasteiger charge is -2.36. The Bertz CT molecular complexity index is 1400. The summed E-state index contributed by atoms with van der Waals surface area (Å²) in [6.07, 6.45) is 18.0. The lowest BCUT2D eigenvalue weighted by Crippen LogP contribution is -3.14. The van der Waals surface area contributed by atoms with E-state index < -0.39 is 0 Å². The molecule has 3 aliphatic rings. The van der Waals surface area contributed by atoms with Crippen LogP contribution >= 0.6 is 11.3 Å². The Labute approximate surface area is 363 Å². The van der Waals surface area contributed by atoms with Crippen molar-refractivity contribution in [1.82, 2.24) is 0 Å². The first-order valence-corrected chi connectivity index (χ1v) is 25.0. The van der Waals surface area contributed by atoms with E-state index in [1.165, 1.54) is 119 Å². The fraction of sp³-hybridized carbons (Fsp3) is 0.731. The maximum Gasteiger partial charge on any atom is 0.224 e. The van der Waals surface area contributed by atoms with Crippen molar-refractivity contribution in [1.29, 1.82) is 0 Å². The van der Waals surface area contributed by atoms with Gasteiger partial charge < -0.3 is 14.1 Å². The summed E-state index contributed by atoms with van der Waals surface area (Å²) in [5.74, 6) is 7.19. The predicted molar refractivity (Wildman–Crippen MR) is 249 cm³/mol. The highest BCUT2D eigenvalue weighted by atomic mass is 32.1. The number of nitrogens with one attached hydrogen (secondary N) is 1. The number of thiazole rings is 1. The average molecular weight is 821 g/mol. The molecule has 2 atom stereocenters. The zero-order valence-corrected chi connectivity index (χ0v) is 40.5. The van der Waals surface area contributed by atoms with Gasteiger partial charge in [0.15, 0.2) is 31.7 Å². The molecule has 1 N–H and O–H groups in total. The number of quaternary nitrogens is 2. The van der Waals surface area contributed by atoms with Crippen molar-refractivity contribution >= 4 is 11.3 Å². The van der Waals surface area contributed by atoms with Gasteiger partial charge in [0.2, 0.25) is 5.51 Å². The molecule has 2 aromatic heterocycles. The minimum absolute atomic E-state index is 0.610. The van der Waals surface area contributed by atoms with Crippen LogP contribution in [-0.2, 0) is 17.8 Å². The molecule has 0 bridgehead atoms. The smallest absolute Gasteiger partial charge is 0.224 e. The van der Waals surface area contributed by atoms with E-state index in [-0.39, 0.29) is 0 Å². The Balaban J connectivity index is 0.000000208. The Hall–Kier alpha value is -2.12. The van der Waals surface area contributed by atoms with Crippen molar-refractivity contribution in [2.75, 3.05) is 59.0 Å². The Morgan fingerprint density at radius 2 is 1.29 bits per heavy atom. The Morgan fingerprint density at radius 1 is 0.707 bits per heavy atom. The van der Waals surface area contributed by atoms with Crippen LogP contribution in [0.3, 0.4) is 0 Å². The number of nitrogens with zero attached hydrogens (tertiary/aromatic N) is 3. The van der Waals surface area contributed by atoms with E-state index in [1.54, 1.807) is 16.2 Å². The normalized spacial score (nSPS) is 21.3. The third-order valence-corrected chi connectivity index (χ3v) is 14.8. The number of pyridine rings is 1. The summed E-state index contributed by atoms with van der Waals surface area (Å²) < 4.78 is 11.2. The zero-order valence-electron chi connectivity index (χ0n) is 39.6. The van der Waals surface area contributed by atoms with Crippen LogP contribution in [0, 0.1) is 41.4 Å². The third-order valence-electron chi connectivity index (χ3n) is 14.1. The van der Waals surface area contributed by atoms with Gasteiger partial charge in [-0.3, -0.25) is 0 Å². The molecule has 6 heteroatoms. The summed E-state index contributed by atoms with van der Waals surface area (Å²) in [4.78, 5) is 1.79. The summed E-state index contributed by atoms with van der Waals surface area (Å²) in [6, 6.07) is 15.0. The monoisotopic (exact) mass is 821 g/mol. The summed E-state index contributed by atoms with van der Waals surface area (Å²) in [5, 5.41) is 2.17. The fourth-order valence-electron chi connectivity index (χ4n) is 9.31. The molecule has 3 aromatic rings. The highest BCUT2D eigenvalue weighted by Gasteiger charge is 2.30. The van der Waals surface area contributed by atoms with Gasteiger partial charge in [-0.1, -0.05) is 97.1 Å². The summed E-state index contributed by atoms with van der Waals surface area (Å²) in [6.45, 7) is 38.8. The molecule has 1 aromatic carbocycles. The molecule has 328 valence electrons. The maximum atomic E-state index is 5.40. The van der Waals surface area contributed by atoms with Crippen molar-refractivity contribution in [3.8, 4) is 0 Å². The molecule has 3 fully saturated rings. The average Bonchev–Trinajstić information content (AvgIpc) is 3.94. The van der Waals surface area contributed by atoms with Crippen LogP contribution in [0.2, 0.25) is 0 Å². The summed E-state index contributed by atoms with van der Waals surface area (Å²) in [7, 11) is 0. The molecule has 1 aliphatic heterocycles. The van der Waals surface area contributed by atoms with Crippen molar-refractivity contribution in [2.24, 2.45) is 41.4 Å². The predicted octanol–water partition coefficient (Wildman–Crippen LogP) is 10.5. The SMILES string of the molecule is CC(C)C1CCC(C[NH+]2CCOCC2)C1.CC(C)C1CCC(C[n+]2ccsc2)CC1.CC(C)c1ccc(C[n+]2ccccc2)cc1.CC[N+](CC)(CC)CCC(C)C. The molecule has 0 amide bonds. The molecule has 5 nitrogen and oxygen atoms in total. The molecular formula is C52H92N4OS+4. The number of ether oxygens (including phenoxy) is 1. The molecule has 2 saturated carbocycles. The van der Waals surface area contributed by atoms with Crippen LogP contribution in [0.25, 0.3) is 0 Å². The standard InChI is InChI=1S/C15H18N.C13H25NO.C13H22NS.C11H26N/c1-13(2)15-8-6-14(7-9-15)12-16-10-4-3-5-11-16;1-11(2)13-4-3-12(9-13)10-14-5-7-15-8-6-14;1-11(2)13-5-3-12(4-6-13)9-14-7-8-15-10-14;1-6-12(7-2,8-3)10-9-11(4)5/h3-11,13H,12H2,1-2H3;11-13H,3-10H2,1-2H3;7-8,10-13H,3-6,9H2,1-2H3;11H,6-10H2,1-5H3/q+1;;2*+1/p+1. The molecule has 0 spiro atoms. The quantitative estimate of drug-likeness (QED) is 0.120. The largest absolute Gasteiger partial charge is 0.370 e. The van der Waals surface area contributed by atoms with Crippen molar-refractivity contribution in [3.63, 3.8) is 0 Å². The topological polar surface area (TPSA) is 21.4 Å². The van der Waals surface area contributed by atoms with Gasteiger partial charge in [-0.25, -0.2) is 4.57 Å². The minimum atomic E-state index is 0.610. The van der Waals surface area contributed by atoms with Gasteiger partial charge in [0, 0.05) is 29.5 Å². The molecule has 3 heterocycles. The van der Waals surface area contributed by atoms with Gasteiger partial charge in [0.1, 0.15) is 13.1 Å². The zero-order chi connectivity index (χ0) is 42.3. The van der Waals surface area contributed by atoms with Gasteiger partial charge in [-0.2, -0.15) is 4.57 Å². The van der Waals surface area contributed by atoms with Gasteiger partial charge >= 0.3 is 0 Å². The molecule has 6 rings (SSSR count). The van der Waals surface area contributed by atoms with Crippen molar-refractivity contribution < 1.29 is 23.3 Å². The number of morpholine rings is 1. The number of benzene rings is 1. The minimum Gasteiger partial charge on any atom is -0.370 e. The van der Waals surface area contributed by atoms with E-state index in [2.05, 4.69) is 151 Å².